The lowest BCUT2D eigenvalue weighted by Gasteiger charge is -2.14. The van der Waals surface area contributed by atoms with E-state index in [1.165, 1.54) is 12.0 Å². The summed E-state index contributed by atoms with van der Waals surface area (Å²) in [6.45, 7) is 4.20. The lowest BCUT2D eigenvalue weighted by atomic mass is 10.0. The van der Waals surface area contributed by atoms with E-state index in [4.69, 9.17) is 11.6 Å². The molecule has 0 saturated heterocycles. The second kappa shape index (κ2) is 8.10. The van der Waals surface area contributed by atoms with Crippen LogP contribution in [-0.2, 0) is 6.54 Å². The van der Waals surface area contributed by atoms with E-state index in [9.17, 15) is 0 Å². The number of nitrogens with one attached hydrogen (secondary N) is 1. The predicted octanol–water partition coefficient (Wildman–Crippen LogP) is 4.19. The van der Waals surface area contributed by atoms with Gasteiger partial charge in [0.2, 0.25) is 0 Å². The van der Waals surface area contributed by atoms with Gasteiger partial charge in [-0.2, -0.15) is 0 Å². The van der Waals surface area contributed by atoms with Gasteiger partial charge in [0.15, 0.2) is 0 Å². The van der Waals surface area contributed by atoms with Gasteiger partial charge in [0, 0.05) is 16.9 Å². The molecule has 0 amide bonds. The van der Waals surface area contributed by atoms with Gasteiger partial charge in [-0.25, -0.2) is 0 Å². The summed E-state index contributed by atoms with van der Waals surface area (Å²) < 4.78 is 1.14. The van der Waals surface area contributed by atoms with E-state index in [0.717, 1.165) is 29.9 Å². The van der Waals surface area contributed by atoms with Gasteiger partial charge in [-0.1, -0.05) is 41.4 Å². The molecule has 0 aliphatic heterocycles. The zero-order valence-corrected chi connectivity index (χ0v) is 12.0. The van der Waals surface area contributed by atoms with E-state index in [1.54, 1.807) is 0 Å². The molecule has 0 spiro atoms. The maximum absolute atomic E-state index is 5.76. The van der Waals surface area contributed by atoms with Crippen molar-refractivity contribution in [3.63, 3.8) is 0 Å². The Bertz CT molecular complexity index is 304. The quantitative estimate of drug-likeness (QED) is 0.745. The molecule has 1 nitrogen and oxygen atoms in total. The van der Waals surface area contributed by atoms with Crippen LogP contribution < -0.4 is 5.32 Å². The monoisotopic (exact) mass is 303 g/mol. The van der Waals surface area contributed by atoms with Gasteiger partial charge in [-0.15, -0.1) is 11.6 Å². The highest BCUT2D eigenvalue weighted by Gasteiger charge is 2.04. The van der Waals surface area contributed by atoms with E-state index in [-0.39, 0.29) is 0 Å². The molecule has 0 radical (unpaired) electrons. The molecule has 3 heteroatoms. The highest BCUT2D eigenvalue weighted by molar-refractivity contribution is 9.10. The smallest absolute Gasteiger partial charge is 0.0226 e. The van der Waals surface area contributed by atoms with Crippen molar-refractivity contribution in [1.29, 1.82) is 0 Å². The molecule has 0 aliphatic carbocycles. The SMILES string of the molecule is CCC(CCCl)CNCc1cccc(Br)c1. The minimum atomic E-state index is 0.699. The van der Waals surface area contributed by atoms with Gasteiger partial charge >= 0.3 is 0 Å². The van der Waals surface area contributed by atoms with Crippen LogP contribution in [0.5, 0.6) is 0 Å². The van der Waals surface area contributed by atoms with E-state index >= 15 is 0 Å². The van der Waals surface area contributed by atoms with E-state index < -0.39 is 0 Å². The van der Waals surface area contributed by atoms with Gasteiger partial charge < -0.3 is 5.32 Å². The van der Waals surface area contributed by atoms with Crippen molar-refractivity contribution >= 4 is 27.5 Å². The first-order valence-corrected chi connectivity index (χ1v) is 7.10. The molecular formula is C13H19BrClN. The van der Waals surface area contributed by atoms with Crippen LogP contribution >= 0.6 is 27.5 Å². The van der Waals surface area contributed by atoms with Crippen molar-refractivity contribution in [2.45, 2.75) is 26.3 Å². The first-order chi connectivity index (χ1) is 7.76. The summed E-state index contributed by atoms with van der Waals surface area (Å²) in [5, 5.41) is 3.49. The Labute approximate surface area is 112 Å². The minimum absolute atomic E-state index is 0.699. The second-order valence-corrected chi connectivity index (χ2v) is 5.31. The zero-order valence-electron chi connectivity index (χ0n) is 9.68. The number of hydrogen-bond donors (Lipinski definition) is 1. The Hall–Kier alpha value is -0.0500. The molecule has 0 fully saturated rings. The molecule has 1 unspecified atom stereocenters. The number of hydrogen-bond acceptors (Lipinski definition) is 1. The van der Waals surface area contributed by atoms with Gasteiger partial charge in [-0.3, -0.25) is 0 Å². The molecule has 1 aromatic carbocycles. The summed E-state index contributed by atoms with van der Waals surface area (Å²) in [7, 11) is 0. The number of benzene rings is 1. The van der Waals surface area contributed by atoms with Crippen LogP contribution in [0.2, 0.25) is 0 Å². The Morgan fingerprint density at radius 3 is 2.88 bits per heavy atom. The Kier molecular flexibility index (Phi) is 7.10. The Morgan fingerprint density at radius 1 is 1.44 bits per heavy atom. The normalized spacial score (nSPS) is 12.7. The molecule has 1 rings (SSSR count). The number of rotatable bonds is 7. The van der Waals surface area contributed by atoms with Gasteiger partial charge in [0.05, 0.1) is 0 Å². The van der Waals surface area contributed by atoms with Crippen LogP contribution in [-0.4, -0.2) is 12.4 Å². The summed E-state index contributed by atoms with van der Waals surface area (Å²) in [4.78, 5) is 0. The first-order valence-electron chi connectivity index (χ1n) is 5.77. The molecular weight excluding hydrogens is 286 g/mol. The van der Waals surface area contributed by atoms with Crippen LogP contribution in [0.1, 0.15) is 25.3 Å². The molecule has 90 valence electrons. The third-order valence-electron chi connectivity index (χ3n) is 2.75. The summed E-state index contributed by atoms with van der Waals surface area (Å²) >= 11 is 9.23. The summed E-state index contributed by atoms with van der Waals surface area (Å²) in [5.74, 6) is 1.46. The fourth-order valence-electron chi connectivity index (χ4n) is 1.67. The van der Waals surface area contributed by atoms with Crippen molar-refractivity contribution < 1.29 is 0 Å². The fourth-order valence-corrected chi connectivity index (χ4v) is 2.43. The number of alkyl halides is 1. The van der Waals surface area contributed by atoms with Crippen LogP contribution in [0.25, 0.3) is 0 Å². The molecule has 0 aromatic heterocycles. The van der Waals surface area contributed by atoms with Gasteiger partial charge in [0.25, 0.3) is 0 Å². The molecule has 0 saturated carbocycles. The molecule has 16 heavy (non-hydrogen) atoms. The van der Waals surface area contributed by atoms with Crippen molar-refractivity contribution in [3.05, 3.63) is 34.3 Å². The average Bonchev–Trinajstić information content (AvgIpc) is 2.28. The summed E-state index contributed by atoms with van der Waals surface area (Å²) in [5.41, 5.74) is 1.31. The summed E-state index contributed by atoms with van der Waals surface area (Å²) in [6.07, 6.45) is 2.29. The lowest BCUT2D eigenvalue weighted by Crippen LogP contribution is -2.22. The third kappa shape index (κ3) is 5.33. The second-order valence-electron chi connectivity index (χ2n) is 4.01. The highest BCUT2D eigenvalue weighted by Crippen LogP contribution is 2.12. The minimum Gasteiger partial charge on any atom is -0.312 e. The van der Waals surface area contributed by atoms with Gasteiger partial charge in [0.1, 0.15) is 0 Å². The predicted molar refractivity (Wildman–Crippen MR) is 75.0 cm³/mol. The number of halogens is 2. The van der Waals surface area contributed by atoms with Crippen LogP contribution in [0.3, 0.4) is 0 Å². The topological polar surface area (TPSA) is 12.0 Å². The first kappa shape index (κ1) is 14.0. The highest BCUT2D eigenvalue weighted by atomic mass is 79.9. The molecule has 1 atom stereocenters. The van der Waals surface area contributed by atoms with E-state index in [1.807, 2.05) is 6.07 Å². The Balaban J connectivity index is 2.29. The lowest BCUT2D eigenvalue weighted by molar-refractivity contribution is 0.451. The molecule has 1 N–H and O–H groups in total. The standard InChI is InChI=1S/C13H19BrClN/c1-2-11(6-7-15)9-16-10-12-4-3-5-13(14)8-12/h3-5,8,11,16H,2,6-7,9-10H2,1H3. The molecule has 0 aliphatic rings. The van der Waals surface area contributed by atoms with Crippen molar-refractivity contribution in [2.24, 2.45) is 5.92 Å². The fraction of sp³-hybridized carbons (Fsp3) is 0.538. The van der Waals surface area contributed by atoms with Crippen LogP contribution in [0.15, 0.2) is 28.7 Å². The van der Waals surface area contributed by atoms with E-state index in [0.29, 0.717) is 5.92 Å². The molecule has 0 bridgehead atoms. The third-order valence-corrected chi connectivity index (χ3v) is 3.46. The van der Waals surface area contributed by atoms with Crippen molar-refractivity contribution in [3.8, 4) is 0 Å². The average molecular weight is 305 g/mol. The summed E-state index contributed by atoms with van der Waals surface area (Å²) in [6, 6.07) is 8.40. The van der Waals surface area contributed by atoms with Crippen molar-refractivity contribution in [2.75, 3.05) is 12.4 Å². The van der Waals surface area contributed by atoms with Crippen molar-refractivity contribution in [1.82, 2.24) is 5.32 Å². The largest absolute Gasteiger partial charge is 0.312 e. The van der Waals surface area contributed by atoms with Crippen LogP contribution in [0, 0.1) is 5.92 Å². The van der Waals surface area contributed by atoms with Gasteiger partial charge in [-0.05, 0) is 36.6 Å². The molecule has 1 aromatic rings. The zero-order chi connectivity index (χ0) is 11.8. The van der Waals surface area contributed by atoms with E-state index in [2.05, 4.69) is 46.4 Å². The van der Waals surface area contributed by atoms with Crippen LogP contribution in [0.4, 0.5) is 0 Å². The maximum atomic E-state index is 5.76. The molecule has 0 heterocycles. The maximum Gasteiger partial charge on any atom is 0.0226 e. The Morgan fingerprint density at radius 2 is 2.25 bits per heavy atom.